The van der Waals surface area contributed by atoms with Crippen molar-refractivity contribution in [3.63, 3.8) is 0 Å². The lowest BCUT2D eigenvalue weighted by molar-refractivity contribution is -0.392. The molecule has 0 aromatic heterocycles. The van der Waals surface area contributed by atoms with Crippen LogP contribution in [0.1, 0.15) is 119 Å². The first kappa shape index (κ1) is 66.2. The van der Waals surface area contributed by atoms with Crippen molar-refractivity contribution < 1.29 is 129 Å². The number of fused-ring (bicyclic) bond motifs is 7. The lowest BCUT2D eigenvalue weighted by atomic mass is 9.33. The molecular formula is C58H94O26. The topological polar surface area (TPSA) is 421 Å². The Morgan fingerprint density at radius 2 is 1.23 bits per heavy atom. The Kier molecular flexibility index (Phi) is 19.3. The van der Waals surface area contributed by atoms with Gasteiger partial charge in [0, 0.05) is 12.0 Å². The van der Waals surface area contributed by atoms with Crippen LogP contribution in [0.25, 0.3) is 0 Å². The molecule has 4 saturated heterocycles. The molecule has 29 atom stereocenters. The highest BCUT2D eigenvalue weighted by molar-refractivity contribution is 5.74. The highest BCUT2D eigenvalue weighted by Gasteiger charge is 2.70. The first-order valence-electron chi connectivity index (χ1n) is 29.9. The molecule has 4 heterocycles. The van der Waals surface area contributed by atoms with Gasteiger partial charge in [-0.1, -0.05) is 53.2 Å². The van der Waals surface area contributed by atoms with Crippen LogP contribution in [-0.4, -0.2) is 257 Å². The van der Waals surface area contributed by atoms with Gasteiger partial charge in [0.05, 0.1) is 63.7 Å². The van der Waals surface area contributed by atoms with Crippen molar-refractivity contribution in [2.75, 3.05) is 39.6 Å². The maximum atomic E-state index is 12.7. The minimum atomic E-state index is -2.04. The summed E-state index contributed by atoms with van der Waals surface area (Å²) in [5.41, 5.74) is -3.24. The predicted molar refractivity (Wildman–Crippen MR) is 285 cm³/mol. The number of hydrogen-bond donors (Lipinski definition) is 15. The molecule has 4 saturated carbocycles. The van der Waals surface area contributed by atoms with Gasteiger partial charge in [0.25, 0.3) is 0 Å². The molecule has 15 N–H and O–H groups in total. The Balaban J connectivity index is 0.939. The SMILES string of the molecule is CC(O)(CC(=O)O)CC(=O)O[C@@H]1CO[C@@H](O[C@H]2[C@H](O[C@H]3CO[C@@H](O[C@H]4CC[C@]5(C)[C@H]6CC=C7[C@@H]8C[C@@](C)(CO)CC[C@]8(CO)[C@H](O)C[C@@]7(C)[C@]6(C)CC[C@H]5C4(C)C)[C@H](O[C@@H]4O[C@H](CO)[C@@H](O)[C@H](O)[C@H]4O)[C@H]3O)O[C@H](CO)[C@@H](O)[C@@H]2O)[C@H](O)[C@H]1O. The lowest BCUT2D eigenvalue weighted by Crippen LogP contribution is -2.68. The first-order chi connectivity index (χ1) is 39.3. The molecule has 5 aliphatic carbocycles. The highest BCUT2D eigenvalue weighted by Crippen LogP contribution is 2.76. The van der Waals surface area contributed by atoms with Crippen LogP contribution in [0.4, 0.5) is 0 Å². The fraction of sp³-hybridized carbons (Fsp3) is 0.931. The third-order valence-corrected chi connectivity index (χ3v) is 22.4. The summed E-state index contributed by atoms with van der Waals surface area (Å²) in [5.74, 6) is -2.37. The molecule has 0 aromatic carbocycles. The molecule has 84 heavy (non-hydrogen) atoms. The van der Waals surface area contributed by atoms with Crippen LogP contribution < -0.4 is 0 Å². The fourth-order valence-corrected chi connectivity index (χ4v) is 17.2. The summed E-state index contributed by atoms with van der Waals surface area (Å²) in [7, 11) is 0. The van der Waals surface area contributed by atoms with E-state index in [1.54, 1.807) is 0 Å². The Hall–Kier alpha value is -2.20. The van der Waals surface area contributed by atoms with Crippen LogP contribution in [0.3, 0.4) is 0 Å². The quantitative estimate of drug-likeness (QED) is 0.0418. The number of esters is 1. The number of aliphatic hydroxyl groups excluding tert-OH is 13. The van der Waals surface area contributed by atoms with Crippen molar-refractivity contribution in [2.24, 2.45) is 50.2 Å². The van der Waals surface area contributed by atoms with Gasteiger partial charge in [-0.05, 0) is 110 Å². The average molecular weight is 1210 g/mol. The van der Waals surface area contributed by atoms with Gasteiger partial charge >= 0.3 is 11.9 Å². The number of carboxylic acid groups (broad SMARTS) is 1. The molecule has 9 aliphatic rings. The molecule has 26 heteroatoms. The molecule has 8 fully saturated rings. The monoisotopic (exact) mass is 1210 g/mol. The molecular weight excluding hydrogens is 1110 g/mol. The van der Waals surface area contributed by atoms with Gasteiger partial charge in [-0.2, -0.15) is 0 Å². The second-order valence-corrected chi connectivity index (χ2v) is 28.0. The molecule has 0 aromatic rings. The molecule has 0 amide bonds. The summed E-state index contributed by atoms with van der Waals surface area (Å²) in [6, 6.07) is 0. The predicted octanol–water partition coefficient (Wildman–Crippen LogP) is -2.17. The summed E-state index contributed by atoms with van der Waals surface area (Å²) in [5, 5.41) is 163. The standard InChI is InChI=1S/C58H94O26/c1-52(2)32-10-13-56(6)33(9-8-26-27-16-53(3,24-61)14-15-58(27,25-62)34(63)17-57(26,56)7)55(32,5)12-11-35(52)82-50-46(84-49-45(74)42(71)38(67)28(20-59)79-49)41(70)31(23-77-50)81-51-47(43(72)39(68)29(21-60)80-51)83-48-44(73)40(69)30(22-76-48)78-37(66)19-54(4,75)18-36(64)65/h8,27-35,38-51,59-63,67-75H,9-25H2,1-7H3,(H,64,65)/t27-,28+,29+,30+,31-,32-,33+,34+,35-,38+,39+,40-,41-,42-,43-,44+,45+,46+,47+,48-,49-,50-,51-,53-,54?,55-,56+,57+,58+/m0/s1. The Morgan fingerprint density at radius 3 is 1.87 bits per heavy atom. The second-order valence-electron chi connectivity index (χ2n) is 28.0. The number of ether oxygens (including phenoxy) is 9. The van der Waals surface area contributed by atoms with Gasteiger partial charge in [0.2, 0.25) is 0 Å². The second kappa shape index (κ2) is 24.5. The number of aliphatic carboxylic acids is 1. The Labute approximate surface area is 488 Å². The number of carbonyl (C=O) groups is 2. The van der Waals surface area contributed by atoms with Gasteiger partial charge in [-0.25, -0.2) is 0 Å². The number of carbonyl (C=O) groups excluding carboxylic acids is 1. The third-order valence-electron chi connectivity index (χ3n) is 22.4. The summed E-state index contributed by atoms with van der Waals surface area (Å²) in [6.07, 6.45) is -26.1. The van der Waals surface area contributed by atoms with E-state index in [9.17, 15) is 81.1 Å². The number of aliphatic hydroxyl groups is 14. The van der Waals surface area contributed by atoms with Crippen molar-refractivity contribution in [3.05, 3.63) is 11.6 Å². The van der Waals surface area contributed by atoms with Crippen LogP contribution in [0.15, 0.2) is 11.6 Å². The van der Waals surface area contributed by atoms with Crippen LogP contribution in [0.2, 0.25) is 0 Å². The van der Waals surface area contributed by atoms with Crippen LogP contribution in [0.5, 0.6) is 0 Å². The Morgan fingerprint density at radius 1 is 0.619 bits per heavy atom. The molecule has 0 bridgehead atoms. The fourth-order valence-electron chi connectivity index (χ4n) is 17.2. The van der Waals surface area contributed by atoms with E-state index in [0.717, 1.165) is 26.2 Å². The van der Waals surface area contributed by atoms with Gasteiger partial charge in [-0.3, -0.25) is 9.59 Å². The molecule has 0 spiro atoms. The van der Waals surface area contributed by atoms with Crippen molar-refractivity contribution >= 4 is 11.9 Å². The van der Waals surface area contributed by atoms with E-state index in [-0.39, 0.29) is 47.2 Å². The molecule has 4 aliphatic heterocycles. The number of allylic oxidation sites excluding steroid dienone is 2. The van der Waals surface area contributed by atoms with E-state index >= 15 is 0 Å². The summed E-state index contributed by atoms with van der Waals surface area (Å²) in [6.45, 7) is 11.6. The van der Waals surface area contributed by atoms with Crippen LogP contribution in [0, 0.1) is 50.2 Å². The number of hydrogen-bond acceptors (Lipinski definition) is 25. The first-order valence-corrected chi connectivity index (χ1v) is 29.9. The minimum Gasteiger partial charge on any atom is -0.481 e. The van der Waals surface area contributed by atoms with E-state index < -0.39 is 196 Å². The zero-order valence-electron chi connectivity index (χ0n) is 49.1. The van der Waals surface area contributed by atoms with Crippen molar-refractivity contribution in [1.82, 2.24) is 0 Å². The normalized spacial score (nSPS) is 51.0. The average Bonchev–Trinajstić information content (AvgIpc) is 0.687. The van der Waals surface area contributed by atoms with E-state index in [1.165, 1.54) is 5.57 Å². The lowest BCUT2D eigenvalue weighted by Gasteiger charge is -2.72. The van der Waals surface area contributed by atoms with Gasteiger partial charge in [0.1, 0.15) is 79.4 Å². The zero-order valence-corrected chi connectivity index (χ0v) is 49.1. The minimum absolute atomic E-state index is 0.0233. The zero-order chi connectivity index (χ0) is 61.6. The van der Waals surface area contributed by atoms with Crippen LogP contribution >= 0.6 is 0 Å². The maximum Gasteiger partial charge on any atom is 0.309 e. The van der Waals surface area contributed by atoms with E-state index in [1.807, 2.05) is 0 Å². The van der Waals surface area contributed by atoms with Crippen molar-refractivity contribution in [3.8, 4) is 0 Å². The van der Waals surface area contributed by atoms with E-state index in [0.29, 0.717) is 38.5 Å². The van der Waals surface area contributed by atoms with E-state index in [2.05, 4.69) is 47.6 Å². The molecule has 26 nitrogen and oxygen atoms in total. The summed E-state index contributed by atoms with van der Waals surface area (Å²) < 4.78 is 54.3. The number of rotatable bonds is 17. The molecule has 1 unspecified atom stereocenters. The van der Waals surface area contributed by atoms with E-state index in [4.69, 9.17) is 47.7 Å². The smallest absolute Gasteiger partial charge is 0.309 e. The van der Waals surface area contributed by atoms with Crippen molar-refractivity contribution in [2.45, 2.75) is 248 Å². The molecule has 0 radical (unpaired) electrons. The van der Waals surface area contributed by atoms with Gasteiger partial charge < -0.3 is 119 Å². The Bertz CT molecular complexity index is 2340. The van der Waals surface area contributed by atoms with Gasteiger partial charge in [-0.15, -0.1) is 0 Å². The highest BCUT2D eigenvalue weighted by atomic mass is 16.8. The van der Waals surface area contributed by atoms with Gasteiger partial charge in [0.15, 0.2) is 31.3 Å². The third kappa shape index (κ3) is 11.6. The number of carboxylic acids is 1. The largest absolute Gasteiger partial charge is 0.481 e. The summed E-state index contributed by atoms with van der Waals surface area (Å²) in [4.78, 5) is 23.8. The molecule has 482 valence electrons. The molecule has 9 rings (SSSR count). The maximum absolute atomic E-state index is 12.7. The van der Waals surface area contributed by atoms with Crippen LogP contribution in [-0.2, 0) is 52.2 Å². The summed E-state index contributed by atoms with van der Waals surface area (Å²) >= 11 is 0. The van der Waals surface area contributed by atoms with Crippen molar-refractivity contribution in [1.29, 1.82) is 0 Å².